The zero-order valence-electron chi connectivity index (χ0n) is 61.7. The third-order valence-corrected chi connectivity index (χ3v) is 33.2. The molecule has 17 rings (SSSR count). The molecule has 4 unspecified atom stereocenters. The highest BCUT2D eigenvalue weighted by Crippen LogP contribution is 2.77. The fourth-order valence-corrected chi connectivity index (χ4v) is 27.4. The van der Waals surface area contributed by atoms with Gasteiger partial charge in [-0.25, -0.2) is 4.39 Å². The summed E-state index contributed by atoms with van der Waals surface area (Å²) in [4.78, 5) is 119. The summed E-state index contributed by atoms with van der Waals surface area (Å²) in [6, 6.07) is 15.7. The molecule has 1 amide bonds. The van der Waals surface area contributed by atoms with Gasteiger partial charge in [0, 0.05) is 37.4 Å². The molecule has 8 bridgehead atoms. The molecule has 2 aromatic carbocycles. The molecule has 2 aliphatic heterocycles. The van der Waals surface area contributed by atoms with E-state index in [4.69, 9.17) is 24.7 Å². The van der Waals surface area contributed by atoms with Crippen molar-refractivity contribution in [2.75, 3.05) is 78.8 Å². The number of esters is 5. The van der Waals surface area contributed by atoms with E-state index in [1.165, 1.54) is 32.5 Å². The molecular weight excluding hydrogens is 1450 g/mol. The summed E-state index contributed by atoms with van der Waals surface area (Å²) in [5.74, 6) is -0.635. The molecule has 4 atom stereocenters. The van der Waals surface area contributed by atoms with Crippen LogP contribution in [-0.4, -0.2) is 161 Å². The number of thioether (sulfide) groups is 4. The third kappa shape index (κ3) is 17.1. The summed E-state index contributed by atoms with van der Waals surface area (Å²) in [5.41, 5.74) is 6.22. The number of phenols is 1. The van der Waals surface area contributed by atoms with E-state index in [9.17, 15) is 67.7 Å². The molecule has 2 spiro atoms. The van der Waals surface area contributed by atoms with E-state index in [0.717, 1.165) is 191 Å². The molecule has 15 fully saturated rings. The van der Waals surface area contributed by atoms with Gasteiger partial charge in [0.15, 0.2) is 0 Å². The van der Waals surface area contributed by atoms with Crippen molar-refractivity contribution in [3.63, 3.8) is 0 Å². The minimum Gasteiger partial charge on any atom is -0.508 e. The second-order valence-electron chi connectivity index (χ2n) is 30.7. The van der Waals surface area contributed by atoms with E-state index < -0.39 is 68.9 Å². The molecule has 2 aromatic rings. The third-order valence-electron chi connectivity index (χ3n) is 25.8. The van der Waals surface area contributed by atoms with Crippen molar-refractivity contribution >= 4 is 119 Å². The van der Waals surface area contributed by atoms with E-state index in [1.54, 1.807) is 19.2 Å². The van der Waals surface area contributed by atoms with E-state index in [0.29, 0.717) is 49.8 Å². The maximum atomic E-state index is 13.4. The molecule has 21 nitrogen and oxygen atoms in total. The molecule has 105 heavy (non-hydrogen) atoms. The largest absolute Gasteiger partial charge is 0.508 e. The summed E-state index contributed by atoms with van der Waals surface area (Å²) in [6.07, 6.45) is 24.8. The van der Waals surface area contributed by atoms with Crippen molar-refractivity contribution in [3.8, 4) is 11.5 Å². The number of phenolic OH excluding ortho intramolecular Hbond substituents is 1. The maximum absolute atomic E-state index is 13.4. The van der Waals surface area contributed by atoms with Gasteiger partial charge in [0.1, 0.15) is 41.5 Å². The van der Waals surface area contributed by atoms with Gasteiger partial charge in [0.05, 0.1) is 77.1 Å². The average molecular weight is 1560 g/mol. The lowest BCUT2D eigenvalue weighted by Crippen LogP contribution is -2.65. The number of hydrogen-bond donors (Lipinski definition) is 5. The number of fused-ring (bicyclic) bond motifs is 14. The number of nitrogens with one attached hydrogen (secondary N) is 1. The van der Waals surface area contributed by atoms with E-state index in [2.05, 4.69) is 26.9 Å². The van der Waals surface area contributed by atoms with Crippen LogP contribution in [0.4, 0.5) is 4.39 Å². The minimum atomic E-state index is -1.07. The number of nitrogens with two attached hydrogens (primary N) is 1. The summed E-state index contributed by atoms with van der Waals surface area (Å²) in [7, 11) is 8.52. The van der Waals surface area contributed by atoms with Crippen LogP contribution < -0.4 is 15.8 Å². The van der Waals surface area contributed by atoms with Crippen LogP contribution in [0.15, 0.2) is 60.4 Å². The fourth-order valence-electron chi connectivity index (χ4n) is 19.3. The summed E-state index contributed by atoms with van der Waals surface area (Å²) < 4.78 is 42.2. The average Bonchev–Trinajstić information content (AvgIpc) is 1.66. The van der Waals surface area contributed by atoms with Gasteiger partial charge < -0.3 is 54.8 Å². The molecule has 2 heterocycles. The van der Waals surface area contributed by atoms with Crippen LogP contribution in [0.3, 0.4) is 0 Å². The number of halogens is 2. The van der Waals surface area contributed by atoms with Crippen molar-refractivity contribution in [1.82, 2.24) is 5.32 Å². The summed E-state index contributed by atoms with van der Waals surface area (Å²) in [5, 5.41) is 31.1. The highest BCUT2D eigenvalue weighted by atomic mass is 35.5. The number of carbonyl (C=O) groups is 10. The van der Waals surface area contributed by atoms with Crippen LogP contribution in [0.25, 0.3) is 0 Å². The predicted molar refractivity (Wildman–Crippen MR) is 404 cm³/mol. The number of methoxy groups -OCH3 is 5. The number of ether oxygens (including phenoxy) is 6. The first-order valence-corrected chi connectivity index (χ1v) is 40.9. The first-order chi connectivity index (χ1) is 49.7. The van der Waals surface area contributed by atoms with E-state index >= 15 is 0 Å². The van der Waals surface area contributed by atoms with Gasteiger partial charge in [-0.1, -0.05) is 49.9 Å². The predicted octanol–water partition coefficient (Wildman–Crippen LogP) is 13.4. The Morgan fingerprint density at radius 1 is 0.495 bits per heavy atom. The molecule has 2 saturated heterocycles. The quantitative estimate of drug-likeness (QED) is 0.0666. The molecule has 0 radical (unpaired) electrons. The lowest BCUT2D eigenvalue weighted by Gasteiger charge is -2.62. The van der Waals surface area contributed by atoms with E-state index in [-0.39, 0.29) is 92.0 Å². The van der Waals surface area contributed by atoms with Crippen LogP contribution in [0.5, 0.6) is 11.5 Å². The van der Waals surface area contributed by atoms with Crippen LogP contribution in [0.2, 0.25) is 0 Å². The zero-order chi connectivity index (χ0) is 75.4. The Balaban J connectivity index is 0.000000169. The Morgan fingerprint density at radius 3 is 1.24 bits per heavy atom. The molecule has 27 heteroatoms. The Morgan fingerprint density at radius 2 is 0.857 bits per heavy atom. The maximum Gasteiger partial charge on any atom is 0.316 e. The highest BCUT2D eigenvalue weighted by Gasteiger charge is 2.76. The topological polar surface area (TPSA) is 325 Å². The number of carboxylic acid groups (broad SMARTS) is 2. The Kier molecular flexibility index (Phi) is 29.1. The monoisotopic (exact) mass is 1560 g/mol. The SMILES string of the molecule is CNC(=O)C12CCCC(c3ccc(OC/C(=C/F)CN)cc3)(CC1)CC2.COC(=O)C12CCCC(C(=O)O)(CC1)CC2.COC(=O)C12CCCC(C(=O)OC)(CC13SCCCS3)C1(C2)SCCCS1.COC(=O)C1CC(=O)C(C(=O)OC)CC1=O.Cl.O=C(O)C12CCCC(c3ccc(O)cc3)(CC1)CC2. The van der Waals surface area contributed by atoms with Crippen LogP contribution >= 0.6 is 59.5 Å². The highest BCUT2D eigenvalue weighted by molar-refractivity contribution is 8.19. The second-order valence-corrected chi connectivity index (χ2v) is 36.8. The number of hydrogen-bond acceptors (Lipinski definition) is 22. The fraction of sp³-hybridized carbons (Fsp3) is 0.692. The number of Topliss-reactive ketones (excluding diaryl/α,β-unsaturated/α-hetero) is 2. The molecule has 582 valence electrons. The lowest BCUT2D eigenvalue weighted by molar-refractivity contribution is -0.163. The van der Waals surface area contributed by atoms with Crippen molar-refractivity contribution in [1.29, 1.82) is 0 Å². The first kappa shape index (κ1) is 85.1. The van der Waals surface area contributed by atoms with Crippen molar-refractivity contribution in [2.24, 2.45) is 50.1 Å². The van der Waals surface area contributed by atoms with E-state index in [1.807, 2.05) is 71.3 Å². The molecule has 13 saturated carbocycles. The van der Waals surface area contributed by atoms with Gasteiger partial charge in [-0.15, -0.1) is 59.5 Å². The van der Waals surface area contributed by atoms with Crippen LogP contribution in [-0.2, 0) is 82.5 Å². The number of aromatic hydroxyl groups is 1. The van der Waals surface area contributed by atoms with Crippen molar-refractivity contribution in [3.05, 3.63) is 71.6 Å². The summed E-state index contributed by atoms with van der Waals surface area (Å²) in [6.45, 7) is 0.330. The van der Waals surface area contributed by atoms with Gasteiger partial charge in [-0.3, -0.25) is 47.9 Å². The van der Waals surface area contributed by atoms with Crippen molar-refractivity contribution in [2.45, 2.75) is 212 Å². The molecule has 15 aliphatic rings. The second kappa shape index (κ2) is 35.9. The number of ketones is 2. The van der Waals surface area contributed by atoms with Crippen LogP contribution in [0.1, 0.15) is 204 Å². The number of carbonyl (C=O) groups excluding carboxylic acids is 8. The van der Waals surface area contributed by atoms with Crippen LogP contribution in [0, 0.1) is 44.3 Å². The summed E-state index contributed by atoms with van der Waals surface area (Å²) >= 11 is 7.66. The normalized spacial score (nSPS) is 32.3. The molecular formula is C78H108ClFN2O19S4. The van der Waals surface area contributed by atoms with Gasteiger partial charge in [0.2, 0.25) is 5.91 Å². The van der Waals surface area contributed by atoms with Gasteiger partial charge in [-0.2, -0.15) is 0 Å². The van der Waals surface area contributed by atoms with Gasteiger partial charge in [-0.05, 0) is 223 Å². The zero-order valence-corrected chi connectivity index (χ0v) is 65.8. The van der Waals surface area contributed by atoms with Gasteiger partial charge >= 0.3 is 41.8 Å². The Bertz CT molecular complexity index is 3380. The standard InChI is InChI=1S/C21H29FN2O2.C19H28O4S4.C16H20O3.C12H18O4.C10H12O6.ClH/c1-24-19(25)21-8-2-7-20(9-11-21,10-12-21)17-3-5-18(6-4-17)26-15-16(13-22)14-23;1-22-14(20)16-6-3-7-17(15(21)23-2,13-18(16)24-8-4-9-25-18)19(12-16)26-10-5-11-27-19;17-13-4-2-12(3-5-13)15-6-1-7-16(10-8-15,11-9-15)14(18)19;1-16-10(15)12-4-2-3-11(5-7-12,6-8-12)9(13)14;1-15-9(13)5-3-8(12)6(4-7(5)11)10(14)16-2;/h3-6,13H,2,7-12,14-15,23H2,1H3,(H,24,25);3-13H2,1-2H3;2-5,17H,1,6-11H2,(H,18,19);2-8H2,1H3,(H,13,14);5-6H,3-4H2,1-2H3;1H/b16-13+;;;;;. The number of aliphatic carboxylic acids is 2. The van der Waals surface area contributed by atoms with Crippen molar-refractivity contribution < 1.29 is 96.1 Å². The number of benzene rings is 2. The Hall–Kier alpha value is -5.54. The smallest absolute Gasteiger partial charge is 0.316 e. The Labute approximate surface area is 639 Å². The molecule has 0 aromatic heterocycles. The number of carboxylic acids is 2. The minimum absolute atomic E-state index is 0. The first-order valence-electron chi connectivity index (χ1n) is 36.9. The lowest BCUT2D eigenvalue weighted by atomic mass is 9.62. The molecule has 13 aliphatic carbocycles. The molecule has 6 N–H and O–H groups in total. The number of amides is 1. The number of rotatable bonds is 14. The van der Waals surface area contributed by atoms with Gasteiger partial charge in [0.25, 0.3) is 0 Å².